The molecular formula is C22H23N3O2. The lowest BCUT2D eigenvalue weighted by Gasteiger charge is -2.32. The number of carbonyl (C=O) groups is 1. The van der Waals surface area contributed by atoms with Crippen molar-refractivity contribution in [1.82, 2.24) is 9.88 Å². The first-order valence-corrected chi connectivity index (χ1v) is 9.32. The molecule has 0 bridgehead atoms. The summed E-state index contributed by atoms with van der Waals surface area (Å²) in [6.45, 7) is 3.38. The van der Waals surface area contributed by atoms with Gasteiger partial charge in [-0.25, -0.2) is 4.79 Å². The van der Waals surface area contributed by atoms with Gasteiger partial charge in [0.05, 0.1) is 0 Å². The van der Waals surface area contributed by atoms with Crippen molar-refractivity contribution in [2.24, 2.45) is 0 Å². The Morgan fingerprint density at radius 2 is 1.89 bits per heavy atom. The minimum atomic E-state index is -0.0501. The standard InChI is InChI=1S/C22H23N3O2/c1-16-5-2-8-18(15-16)24-22(26)25-13-10-19(11-14-25)27-20-9-3-6-17-7-4-12-23-21(17)20/h2-9,12,15,19H,10-11,13-14H2,1H3,(H,24,26). The molecule has 1 aliphatic rings. The van der Waals surface area contributed by atoms with Crippen molar-refractivity contribution in [3.05, 3.63) is 66.4 Å². The van der Waals surface area contributed by atoms with Crippen molar-refractivity contribution in [3.8, 4) is 5.75 Å². The number of anilines is 1. The van der Waals surface area contributed by atoms with Crippen LogP contribution in [0.4, 0.5) is 10.5 Å². The first-order valence-electron chi connectivity index (χ1n) is 9.32. The van der Waals surface area contributed by atoms with E-state index in [1.165, 1.54) is 0 Å². The molecule has 0 unspecified atom stereocenters. The number of urea groups is 1. The molecule has 1 N–H and O–H groups in total. The molecule has 0 spiro atoms. The number of rotatable bonds is 3. The minimum Gasteiger partial charge on any atom is -0.488 e. The van der Waals surface area contributed by atoms with E-state index in [9.17, 15) is 4.79 Å². The van der Waals surface area contributed by atoms with E-state index in [-0.39, 0.29) is 12.1 Å². The first-order chi connectivity index (χ1) is 13.2. The van der Waals surface area contributed by atoms with E-state index in [4.69, 9.17) is 4.74 Å². The number of nitrogens with one attached hydrogen (secondary N) is 1. The molecule has 5 heteroatoms. The Kier molecular flexibility index (Phi) is 4.92. The van der Waals surface area contributed by atoms with Gasteiger partial charge in [-0.1, -0.05) is 30.3 Å². The Labute approximate surface area is 159 Å². The molecule has 3 aromatic rings. The van der Waals surface area contributed by atoms with Crippen LogP contribution in [0.5, 0.6) is 5.75 Å². The summed E-state index contributed by atoms with van der Waals surface area (Å²) in [7, 11) is 0. The van der Waals surface area contributed by atoms with Crippen LogP contribution in [0.3, 0.4) is 0 Å². The van der Waals surface area contributed by atoms with Gasteiger partial charge in [0.15, 0.2) is 0 Å². The van der Waals surface area contributed by atoms with Crippen molar-refractivity contribution in [3.63, 3.8) is 0 Å². The number of piperidine rings is 1. The minimum absolute atomic E-state index is 0.0501. The number of carbonyl (C=O) groups excluding carboxylic acids is 1. The van der Waals surface area contributed by atoms with Gasteiger partial charge < -0.3 is 15.0 Å². The fourth-order valence-electron chi connectivity index (χ4n) is 3.45. The highest BCUT2D eigenvalue weighted by Gasteiger charge is 2.24. The van der Waals surface area contributed by atoms with E-state index in [1.54, 1.807) is 6.20 Å². The van der Waals surface area contributed by atoms with Crippen molar-refractivity contribution in [2.45, 2.75) is 25.9 Å². The second-order valence-corrected chi connectivity index (χ2v) is 6.94. The fourth-order valence-corrected chi connectivity index (χ4v) is 3.45. The summed E-state index contributed by atoms with van der Waals surface area (Å²) in [5.41, 5.74) is 2.85. The van der Waals surface area contributed by atoms with E-state index in [2.05, 4.69) is 10.3 Å². The third-order valence-corrected chi connectivity index (χ3v) is 4.89. The van der Waals surface area contributed by atoms with E-state index in [1.807, 2.05) is 66.4 Å². The summed E-state index contributed by atoms with van der Waals surface area (Å²) in [6.07, 6.45) is 3.50. The van der Waals surface area contributed by atoms with E-state index in [0.29, 0.717) is 13.1 Å². The quantitative estimate of drug-likeness (QED) is 0.741. The monoisotopic (exact) mass is 361 g/mol. The molecular weight excluding hydrogens is 338 g/mol. The maximum Gasteiger partial charge on any atom is 0.321 e. The van der Waals surface area contributed by atoms with Gasteiger partial charge in [-0.2, -0.15) is 0 Å². The van der Waals surface area contributed by atoms with Crippen molar-refractivity contribution in [2.75, 3.05) is 18.4 Å². The molecule has 2 aromatic carbocycles. The van der Waals surface area contributed by atoms with Crippen molar-refractivity contribution < 1.29 is 9.53 Å². The van der Waals surface area contributed by atoms with E-state index < -0.39 is 0 Å². The Morgan fingerprint density at radius 1 is 1.11 bits per heavy atom. The number of para-hydroxylation sites is 1. The van der Waals surface area contributed by atoms with Gasteiger partial charge in [0.2, 0.25) is 0 Å². The van der Waals surface area contributed by atoms with Crippen LogP contribution < -0.4 is 10.1 Å². The van der Waals surface area contributed by atoms with Gasteiger partial charge in [-0.15, -0.1) is 0 Å². The van der Waals surface area contributed by atoms with Gasteiger partial charge in [0, 0.05) is 43.2 Å². The maximum absolute atomic E-state index is 12.5. The second-order valence-electron chi connectivity index (χ2n) is 6.94. The molecule has 2 amide bonds. The zero-order valence-corrected chi connectivity index (χ0v) is 15.4. The molecule has 27 heavy (non-hydrogen) atoms. The third-order valence-electron chi connectivity index (χ3n) is 4.89. The number of amides is 2. The molecule has 0 aliphatic carbocycles. The molecule has 1 aromatic heterocycles. The average Bonchev–Trinajstić information content (AvgIpc) is 2.69. The molecule has 1 fully saturated rings. The lowest BCUT2D eigenvalue weighted by molar-refractivity contribution is 0.116. The molecule has 0 atom stereocenters. The van der Waals surface area contributed by atoms with Crippen LogP contribution in [-0.2, 0) is 0 Å². The highest BCUT2D eigenvalue weighted by molar-refractivity contribution is 5.89. The topological polar surface area (TPSA) is 54.5 Å². The molecule has 1 saturated heterocycles. The highest BCUT2D eigenvalue weighted by atomic mass is 16.5. The molecule has 0 saturated carbocycles. The predicted molar refractivity (Wildman–Crippen MR) is 107 cm³/mol. The number of nitrogens with zero attached hydrogens (tertiary/aromatic N) is 2. The van der Waals surface area contributed by atoms with Gasteiger partial charge >= 0.3 is 6.03 Å². The van der Waals surface area contributed by atoms with Crippen LogP contribution in [0.1, 0.15) is 18.4 Å². The Hall–Kier alpha value is -3.08. The number of fused-ring (bicyclic) bond motifs is 1. The van der Waals surface area contributed by atoms with Gasteiger partial charge in [-0.3, -0.25) is 4.98 Å². The van der Waals surface area contributed by atoms with Crippen LogP contribution in [0.15, 0.2) is 60.8 Å². The van der Waals surface area contributed by atoms with Crippen LogP contribution in [-0.4, -0.2) is 35.1 Å². The number of likely N-dealkylation sites (tertiary alicyclic amines) is 1. The SMILES string of the molecule is Cc1cccc(NC(=O)N2CCC(Oc3cccc4cccnc34)CC2)c1. The Bertz CT molecular complexity index is 944. The zero-order chi connectivity index (χ0) is 18.6. The van der Waals surface area contributed by atoms with Crippen LogP contribution in [0.25, 0.3) is 10.9 Å². The van der Waals surface area contributed by atoms with Gasteiger partial charge in [0.25, 0.3) is 0 Å². The van der Waals surface area contributed by atoms with Crippen molar-refractivity contribution in [1.29, 1.82) is 0 Å². The number of aromatic nitrogens is 1. The van der Waals surface area contributed by atoms with Crippen molar-refractivity contribution >= 4 is 22.6 Å². The highest BCUT2D eigenvalue weighted by Crippen LogP contribution is 2.26. The first kappa shape index (κ1) is 17.3. The molecule has 1 aliphatic heterocycles. The normalized spacial score (nSPS) is 14.9. The molecule has 0 radical (unpaired) electrons. The second kappa shape index (κ2) is 7.66. The Morgan fingerprint density at radius 3 is 2.70 bits per heavy atom. The summed E-state index contributed by atoms with van der Waals surface area (Å²) < 4.78 is 6.21. The number of pyridine rings is 1. The van der Waals surface area contributed by atoms with Gasteiger partial charge in [0.1, 0.15) is 17.4 Å². The summed E-state index contributed by atoms with van der Waals surface area (Å²) in [4.78, 5) is 18.8. The number of hydrogen-bond acceptors (Lipinski definition) is 3. The Balaban J connectivity index is 1.35. The number of hydrogen-bond donors (Lipinski definition) is 1. The molecule has 2 heterocycles. The summed E-state index contributed by atoms with van der Waals surface area (Å²) in [5.74, 6) is 0.816. The summed E-state index contributed by atoms with van der Waals surface area (Å²) >= 11 is 0. The van der Waals surface area contributed by atoms with Crippen LogP contribution in [0.2, 0.25) is 0 Å². The predicted octanol–water partition coefficient (Wildman–Crippen LogP) is 4.62. The van der Waals surface area contributed by atoms with Gasteiger partial charge in [-0.05, 0) is 36.8 Å². The lowest BCUT2D eigenvalue weighted by atomic mass is 10.1. The zero-order valence-electron chi connectivity index (χ0n) is 15.4. The molecule has 4 rings (SSSR count). The molecule has 138 valence electrons. The number of ether oxygens (including phenoxy) is 1. The number of benzene rings is 2. The largest absolute Gasteiger partial charge is 0.488 e. The van der Waals surface area contributed by atoms with Crippen LogP contribution in [0, 0.1) is 6.92 Å². The average molecular weight is 361 g/mol. The summed E-state index contributed by atoms with van der Waals surface area (Å²) in [6, 6.07) is 17.7. The lowest BCUT2D eigenvalue weighted by Crippen LogP contribution is -2.43. The van der Waals surface area contributed by atoms with E-state index in [0.717, 1.165) is 40.7 Å². The maximum atomic E-state index is 12.5. The third kappa shape index (κ3) is 4.03. The fraction of sp³-hybridized carbons (Fsp3) is 0.273. The molecule has 5 nitrogen and oxygen atoms in total. The summed E-state index contributed by atoms with van der Waals surface area (Å²) in [5, 5.41) is 4.05. The smallest absolute Gasteiger partial charge is 0.321 e. The van der Waals surface area contributed by atoms with Crippen LogP contribution >= 0.6 is 0 Å². The number of aryl methyl sites for hydroxylation is 1. The van der Waals surface area contributed by atoms with E-state index >= 15 is 0 Å².